The van der Waals surface area contributed by atoms with E-state index in [1.807, 2.05) is 6.92 Å². The highest BCUT2D eigenvalue weighted by atomic mass is 16.5. The molecule has 0 bridgehead atoms. The predicted molar refractivity (Wildman–Crippen MR) is 76.3 cm³/mol. The summed E-state index contributed by atoms with van der Waals surface area (Å²) in [5.41, 5.74) is 0.559. The molecule has 0 radical (unpaired) electrons. The number of anilines is 1. The highest BCUT2D eigenvalue weighted by molar-refractivity contribution is 5.89. The molecular weight excluding hydrogens is 274 g/mol. The van der Waals surface area contributed by atoms with Crippen molar-refractivity contribution in [3.8, 4) is 5.88 Å². The lowest BCUT2D eigenvalue weighted by Gasteiger charge is -2.13. The van der Waals surface area contributed by atoms with Crippen LogP contribution in [0.15, 0.2) is 18.3 Å². The SMILES string of the molecule is CCOc1ccc(NC(=O)NC2CCC(C(=O)O)C2)cn1. The first-order valence-electron chi connectivity index (χ1n) is 6.97. The molecule has 1 aliphatic carbocycles. The molecule has 21 heavy (non-hydrogen) atoms. The van der Waals surface area contributed by atoms with Crippen molar-refractivity contribution in [2.75, 3.05) is 11.9 Å². The zero-order chi connectivity index (χ0) is 15.2. The van der Waals surface area contributed by atoms with Gasteiger partial charge < -0.3 is 20.5 Å². The van der Waals surface area contributed by atoms with Gasteiger partial charge in [0, 0.05) is 12.1 Å². The molecule has 2 atom stereocenters. The summed E-state index contributed by atoms with van der Waals surface area (Å²) in [4.78, 5) is 26.7. The van der Waals surface area contributed by atoms with Gasteiger partial charge in [0.15, 0.2) is 0 Å². The first-order valence-corrected chi connectivity index (χ1v) is 6.97. The van der Waals surface area contributed by atoms with E-state index < -0.39 is 5.97 Å². The van der Waals surface area contributed by atoms with Gasteiger partial charge >= 0.3 is 12.0 Å². The summed E-state index contributed by atoms with van der Waals surface area (Å²) >= 11 is 0. The van der Waals surface area contributed by atoms with Gasteiger partial charge in [-0.15, -0.1) is 0 Å². The van der Waals surface area contributed by atoms with Crippen molar-refractivity contribution in [2.24, 2.45) is 5.92 Å². The molecule has 1 aliphatic rings. The van der Waals surface area contributed by atoms with Gasteiger partial charge in [0.05, 0.1) is 24.4 Å². The summed E-state index contributed by atoms with van der Waals surface area (Å²) in [7, 11) is 0. The van der Waals surface area contributed by atoms with Gasteiger partial charge in [0.2, 0.25) is 5.88 Å². The number of carboxylic acid groups (broad SMARTS) is 1. The first-order chi connectivity index (χ1) is 10.1. The van der Waals surface area contributed by atoms with E-state index in [0.717, 1.165) is 0 Å². The van der Waals surface area contributed by atoms with Crippen LogP contribution in [0.1, 0.15) is 26.2 Å². The Labute approximate surface area is 122 Å². The third-order valence-electron chi connectivity index (χ3n) is 3.40. The molecule has 0 spiro atoms. The Morgan fingerprint density at radius 3 is 2.81 bits per heavy atom. The van der Waals surface area contributed by atoms with Gasteiger partial charge in [0.1, 0.15) is 0 Å². The number of nitrogens with one attached hydrogen (secondary N) is 2. The molecule has 1 aromatic heterocycles. The van der Waals surface area contributed by atoms with Crippen molar-refractivity contribution in [1.82, 2.24) is 10.3 Å². The number of rotatable bonds is 5. The van der Waals surface area contributed by atoms with Crippen LogP contribution < -0.4 is 15.4 Å². The van der Waals surface area contributed by atoms with Crippen molar-refractivity contribution in [3.05, 3.63) is 18.3 Å². The molecular formula is C14H19N3O4. The third-order valence-corrected chi connectivity index (χ3v) is 3.40. The van der Waals surface area contributed by atoms with E-state index >= 15 is 0 Å². The van der Waals surface area contributed by atoms with Crippen molar-refractivity contribution in [2.45, 2.75) is 32.2 Å². The molecule has 0 aromatic carbocycles. The maximum absolute atomic E-state index is 11.8. The van der Waals surface area contributed by atoms with E-state index in [1.165, 1.54) is 6.20 Å². The van der Waals surface area contributed by atoms with Gasteiger partial charge in [-0.2, -0.15) is 0 Å². The number of ether oxygens (including phenoxy) is 1. The van der Waals surface area contributed by atoms with E-state index in [-0.39, 0.29) is 18.0 Å². The number of hydrogen-bond acceptors (Lipinski definition) is 4. The smallest absolute Gasteiger partial charge is 0.319 e. The van der Waals surface area contributed by atoms with Crippen LogP contribution in [0.25, 0.3) is 0 Å². The maximum atomic E-state index is 11.8. The normalized spacial score (nSPS) is 20.8. The van der Waals surface area contributed by atoms with Crippen LogP contribution in [0, 0.1) is 5.92 Å². The molecule has 2 amide bonds. The summed E-state index contributed by atoms with van der Waals surface area (Å²) < 4.78 is 5.21. The fourth-order valence-corrected chi connectivity index (χ4v) is 2.38. The Bertz CT molecular complexity index is 503. The molecule has 3 N–H and O–H groups in total. The van der Waals surface area contributed by atoms with Gasteiger partial charge in [-0.3, -0.25) is 4.79 Å². The minimum Gasteiger partial charge on any atom is -0.481 e. The number of pyridine rings is 1. The Balaban J connectivity index is 1.80. The van der Waals surface area contributed by atoms with Crippen LogP contribution in [-0.4, -0.2) is 34.7 Å². The zero-order valence-electron chi connectivity index (χ0n) is 11.8. The predicted octanol–water partition coefficient (Wildman–Crippen LogP) is 1.86. The number of carbonyl (C=O) groups is 2. The first kappa shape index (κ1) is 15.1. The average molecular weight is 293 g/mol. The number of amides is 2. The van der Waals surface area contributed by atoms with Gasteiger partial charge in [-0.1, -0.05) is 0 Å². The Hall–Kier alpha value is -2.31. The van der Waals surface area contributed by atoms with E-state index in [4.69, 9.17) is 9.84 Å². The van der Waals surface area contributed by atoms with Gasteiger partial charge in [-0.25, -0.2) is 9.78 Å². The summed E-state index contributed by atoms with van der Waals surface area (Å²) in [6.45, 7) is 2.40. The van der Waals surface area contributed by atoms with Crippen LogP contribution in [0.4, 0.5) is 10.5 Å². The summed E-state index contributed by atoms with van der Waals surface area (Å²) in [5, 5.41) is 14.4. The highest BCUT2D eigenvalue weighted by Gasteiger charge is 2.30. The zero-order valence-corrected chi connectivity index (χ0v) is 11.8. The number of aliphatic carboxylic acids is 1. The van der Waals surface area contributed by atoms with Crippen LogP contribution in [0.5, 0.6) is 5.88 Å². The molecule has 0 aliphatic heterocycles. The number of carbonyl (C=O) groups excluding carboxylic acids is 1. The molecule has 1 heterocycles. The quantitative estimate of drug-likeness (QED) is 0.769. The van der Waals surface area contributed by atoms with Crippen LogP contribution in [0.3, 0.4) is 0 Å². The lowest BCUT2D eigenvalue weighted by molar-refractivity contribution is -0.141. The monoisotopic (exact) mass is 293 g/mol. The topological polar surface area (TPSA) is 101 Å². The minimum absolute atomic E-state index is 0.0956. The standard InChI is InChI=1S/C14H19N3O4/c1-2-21-12-6-5-11(8-15-12)17-14(20)16-10-4-3-9(7-10)13(18)19/h5-6,8-10H,2-4,7H2,1H3,(H,18,19)(H2,16,17,20). The van der Waals surface area contributed by atoms with Crippen molar-refractivity contribution in [3.63, 3.8) is 0 Å². The maximum Gasteiger partial charge on any atom is 0.319 e. The second-order valence-electron chi connectivity index (χ2n) is 4.96. The lowest BCUT2D eigenvalue weighted by atomic mass is 10.1. The fourth-order valence-electron chi connectivity index (χ4n) is 2.38. The lowest BCUT2D eigenvalue weighted by Crippen LogP contribution is -2.36. The number of carboxylic acids is 1. The van der Waals surface area contributed by atoms with Crippen LogP contribution in [-0.2, 0) is 4.79 Å². The Morgan fingerprint density at radius 2 is 2.24 bits per heavy atom. The van der Waals surface area contributed by atoms with E-state index in [9.17, 15) is 9.59 Å². The number of hydrogen-bond donors (Lipinski definition) is 3. The number of aromatic nitrogens is 1. The van der Waals surface area contributed by atoms with E-state index in [1.54, 1.807) is 12.1 Å². The molecule has 0 saturated heterocycles. The van der Waals surface area contributed by atoms with Crippen LogP contribution in [0.2, 0.25) is 0 Å². The second-order valence-corrected chi connectivity index (χ2v) is 4.96. The van der Waals surface area contributed by atoms with Crippen molar-refractivity contribution in [1.29, 1.82) is 0 Å². The van der Waals surface area contributed by atoms with Crippen molar-refractivity contribution >= 4 is 17.7 Å². The van der Waals surface area contributed by atoms with Gasteiger partial charge in [0.25, 0.3) is 0 Å². The third kappa shape index (κ3) is 4.34. The number of urea groups is 1. The second kappa shape index (κ2) is 6.92. The molecule has 1 fully saturated rings. The molecule has 2 unspecified atom stereocenters. The molecule has 7 heteroatoms. The van der Waals surface area contributed by atoms with Crippen LogP contribution >= 0.6 is 0 Å². The minimum atomic E-state index is -0.796. The summed E-state index contributed by atoms with van der Waals surface area (Å²) in [6.07, 6.45) is 3.28. The largest absolute Gasteiger partial charge is 0.481 e. The summed E-state index contributed by atoms with van der Waals surface area (Å²) in [5.74, 6) is -0.651. The van der Waals surface area contributed by atoms with Crippen molar-refractivity contribution < 1.29 is 19.4 Å². The number of nitrogens with zero attached hydrogens (tertiary/aromatic N) is 1. The molecule has 1 saturated carbocycles. The Morgan fingerprint density at radius 1 is 1.43 bits per heavy atom. The summed E-state index contributed by atoms with van der Waals surface area (Å²) in [6, 6.07) is 2.93. The fraction of sp³-hybridized carbons (Fsp3) is 0.500. The van der Waals surface area contributed by atoms with Gasteiger partial charge in [-0.05, 0) is 32.3 Å². The van der Waals surface area contributed by atoms with E-state index in [2.05, 4.69) is 15.6 Å². The van der Waals surface area contributed by atoms with E-state index in [0.29, 0.717) is 37.4 Å². The Kier molecular flexibility index (Phi) is 4.97. The average Bonchev–Trinajstić information content (AvgIpc) is 2.90. The highest BCUT2D eigenvalue weighted by Crippen LogP contribution is 2.25. The molecule has 114 valence electrons. The molecule has 2 rings (SSSR count). The molecule has 1 aromatic rings. The molecule has 7 nitrogen and oxygen atoms in total.